The fourth-order valence-corrected chi connectivity index (χ4v) is 4.02. The summed E-state index contributed by atoms with van der Waals surface area (Å²) in [6.07, 6.45) is -1.26. The highest BCUT2D eigenvalue weighted by Crippen LogP contribution is 2.29. The smallest absolute Gasteiger partial charge is 0.317 e. The Balaban J connectivity index is 1.73. The number of nitrogen functional groups attached to an aromatic ring is 1. The van der Waals surface area contributed by atoms with Crippen LogP contribution in [0.3, 0.4) is 0 Å². The number of non-ortho nitro benzene ring substituents is 1. The SMILES string of the molecule is Nc1nnc(SCC(=O)OC(C(=O)Nc2ccc([N+](=O)[O-])cc2Cl)c2ccccc2)s1. The van der Waals surface area contributed by atoms with E-state index in [0.717, 1.165) is 29.2 Å². The zero-order valence-electron chi connectivity index (χ0n) is 15.6. The number of rotatable bonds is 8. The molecule has 160 valence electrons. The van der Waals surface area contributed by atoms with Crippen LogP contribution >= 0.6 is 34.7 Å². The van der Waals surface area contributed by atoms with Crippen molar-refractivity contribution in [2.75, 3.05) is 16.8 Å². The van der Waals surface area contributed by atoms with E-state index in [0.29, 0.717) is 9.90 Å². The lowest BCUT2D eigenvalue weighted by atomic mass is 10.1. The van der Waals surface area contributed by atoms with Gasteiger partial charge in [0, 0.05) is 17.7 Å². The third kappa shape index (κ3) is 6.13. The van der Waals surface area contributed by atoms with Gasteiger partial charge in [0.2, 0.25) is 11.2 Å². The van der Waals surface area contributed by atoms with E-state index in [1.54, 1.807) is 30.3 Å². The minimum atomic E-state index is -1.26. The van der Waals surface area contributed by atoms with Crippen molar-refractivity contribution in [3.63, 3.8) is 0 Å². The molecule has 2 aromatic carbocycles. The summed E-state index contributed by atoms with van der Waals surface area (Å²) >= 11 is 8.25. The molecule has 31 heavy (non-hydrogen) atoms. The molecule has 3 N–H and O–H groups in total. The van der Waals surface area contributed by atoms with Crippen molar-refractivity contribution < 1.29 is 19.2 Å². The Labute approximate surface area is 188 Å². The number of esters is 1. The van der Waals surface area contributed by atoms with Crippen LogP contribution in [0.1, 0.15) is 11.7 Å². The number of carbonyl (C=O) groups excluding carboxylic acids is 2. The topological polar surface area (TPSA) is 150 Å². The monoisotopic (exact) mass is 479 g/mol. The summed E-state index contributed by atoms with van der Waals surface area (Å²) < 4.78 is 5.90. The standard InChI is InChI=1S/C18H14ClN5O5S2/c19-12-8-11(24(27)28)6-7-13(12)21-16(26)15(10-4-2-1-3-5-10)29-14(25)9-30-18-23-22-17(20)31-18/h1-8,15H,9H2,(H2,20,22)(H,21,26). The highest BCUT2D eigenvalue weighted by Gasteiger charge is 2.26. The number of thioether (sulfide) groups is 1. The first-order chi connectivity index (χ1) is 14.8. The van der Waals surface area contributed by atoms with Crippen LogP contribution in [0.25, 0.3) is 0 Å². The quantitative estimate of drug-likeness (QED) is 0.213. The molecule has 3 aromatic rings. The van der Waals surface area contributed by atoms with E-state index >= 15 is 0 Å². The highest BCUT2D eigenvalue weighted by atomic mass is 35.5. The van der Waals surface area contributed by atoms with Crippen LogP contribution in [-0.4, -0.2) is 32.8 Å². The summed E-state index contributed by atoms with van der Waals surface area (Å²) in [6, 6.07) is 12.0. The summed E-state index contributed by atoms with van der Waals surface area (Å²) in [5.41, 5.74) is 5.88. The van der Waals surface area contributed by atoms with Crippen LogP contribution in [-0.2, 0) is 14.3 Å². The largest absolute Gasteiger partial charge is 0.447 e. The molecule has 1 heterocycles. The maximum Gasteiger partial charge on any atom is 0.317 e. The van der Waals surface area contributed by atoms with Crippen LogP contribution < -0.4 is 11.1 Å². The molecule has 1 aromatic heterocycles. The molecule has 0 aliphatic carbocycles. The van der Waals surface area contributed by atoms with Crippen molar-refractivity contribution in [3.05, 3.63) is 69.2 Å². The number of amides is 1. The summed E-state index contributed by atoms with van der Waals surface area (Å²) in [4.78, 5) is 35.5. The van der Waals surface area contributed by atoms with Gasteiger partial charge in [-0.05, 0) is 6.07 Å². The molecule has 13 heteroatoms. The molecule has 0 aliphatic rings. The Morgan fingerprint density at radius 2 is 2.00 bits per heavy atom. The Kier molecular flexibility index (Phi) is 7.39. The van der Waals surface area contributed by atoms with Crippen LogP contribution in [0.5, 0.6) is 0 Å². The van der Waals surface area contributed by atoms with Gasteiger partial charge in [0.15, 0.2) is 4.34 Å². The second-order valence-corrected chi connectivity index (χ2v) is 8.52. The number of anilines is 2. The van der Waals surface area contributed by atoms with Crippen molar-refractivity contribution in [3.8, 4) is 0 Å². The number of nitrogens with two attached hydrogens (primary N) is 1. The average Bonchev–Trinajstić information content (AvgIpc) is 3.17. The molecule has 0 saturated heterocycles. The van der Waals surface area contributed by atoms with Gasteiger partial charge in [-0.3, -0.25) is 19.7 Å². The first-order valence-corrected chi connectivity index (χ1v) is 10.7. The van der Waals surface area contributed by atoms with E-state index in [1.807, 2.05) is 0 Å². The number of ether oxygens (including phenoxy) is 1. The third-order valence-corrected chi connectivity index (χ3v) is 5.92. The van der Waals surface area contributed by atoms with Gasteiger partial charge in [0.05, 0.1) is 21.4 Å². The van der Waals surface area contributed by atoms with Crippen molar-refractivity contribution in [2.24, 2.45) is 0 Å². The van der Waals surface area contributed by atoms with E-state index in [2.05, 4.69) is 15.5 Å². The van der Waals surface area contributed by atoms with Gasteiger partial charge >= 0.3 is 5.97 Å². The number of hydrogen-bond acceptors (Lipinski definition) is 10. The summed E-state index contributed by atoms with van der Waals surface area (Å²) in [7, 11) is 0. The summed E-state index contributed by atoms with van der Waals surface area (Å²) in [5, 5.41) is 21.1. The number of hydrogen-bond donors (Lipinski definition) is 2. The molecule has 1 unspecified atom stereocenters. The second-order valence-electron chi connectivity index (χ2n) is 5.89. The van der Waals surface area contributed by atoms with Gasteiger partial charge in [-0.25, -0.2) is 0 Å². The predicted molar refractivity (Wildman–Crippen MR) is 117 cm³/mol. The fraction of sp³-hybridized carbons (Fsp3) is 0.111. The van der Waals surface area contributed by atoms with Gasteiger partial charge in [-0.15, -0.1) is 10.2 Å². The second kappa shape index (κ2) is 10.2. The van der Waals surface area contributed by atoms with Crippen molar-refractivity contribution >= 4 is 63.1 Å². The van der Waals surface area contributed by atoms with Crippen LogP contribution in [0.2, 0.25) is 5.02 Å². The average molecular weight is 480 g/mol. The van der Waals surface area contributed by atoms with Crippen LogP contribution in [0, 0.1) is 10.1 Å². The molecule has 0 saturated carbocycles. The molecule has 1 atom stereocenters. The lowest BCUT2D eigenvalue weighted by molar-refractivity contribution is -0.384. The van der Waals surface area contributed by atoms with E-state index in [1.165, 1.54) is 12.1 Å². The lowest BCUT2D eigenvalue weighted by Gasteiger charge is -2.18. The van der Waals surface area contributed by atoms with Crippen LogP contribution in [0.15, 0.2) is 52.9 Å². The molecular weight excluding hydrogens is 466 g/mol. The normalized spacial score (nSPS) is 11.5. The Morgan fingerprint density at radius 1 is 1.26 bits per heavy atom. The zero-order chi connectivity index (χ0) is 22.4. The number of carbonyl (C=O) groups is 2. The van der Waals surface area contributed by atoms with Gasteiger partial charge in [-0.2, -0.15) is 0 Å². The van der Waals surface area contributed by atoms with Crippen molar-refractivity contribution in [2.45, 2.75) is 10.4 Å². The van der Waals surface area contributed by atoms with Gasteiger partial charge in [-0.1, -0.05) is 65.0 Å². The molecule has 3 rings (SSSR count). The van der Waals surface area contributed by atoms with Gasteiger partial charge in [0.1, 0.15) is 0 Å². The first-order valence-electron chi connectivity index (χ1n) is 8.54. The number of nitrogens with zero attached hydrogens (tertiary/aromatic N) is 3. The van der Waals surface area contributed by atoms with Gasteiger partial charge < -0.3 is 15.8 Å². The van der Waals surface area contributed by atoms with E-state index in [-0.39, 0.29) is 27.3 Å². The predicted octanol–water partition coefficient (Wildman–Crippen LogP) is 3.70. The molecule has 0 aliphatic heterocycles. The Bertz CT molecular complexity index is 1110. The van der Waals surface area contributed by atoms with Crippen molar-refractivity contribution in [1.82, 2.24) is 10.2 Å². The number of nitro benzene ring substituents is 1. The molecule has 0 fully saturated rings. The maximum atomic E-state index is 12.9. The van der Waals surface area contributed by atoms with E-state index in [4.69, 9.17) is 22.1 Å². The minimum absolute atomic E-state index is 0.0231. The highest BCUT2D eigenvalue weighted by molar-refractivity contribution is 8.01. The number of benzene rings is 2. The molecule has 0 bridgehead atoms. The Morgan fingerprint density at radius 3 is 2.61 bits per heavy atom. The zero-order valence-corrected chi connectivity index (χ0v) is 17.9. The lowest BCUT2D eigenvalue weighted by Crippen LogP contribution is -2.26. The number of nitrogens with one attached hydrogen (secondary N) is 1. The summed E-state index contributed by atoms with van der Waals surface area (Å²) in [5.74, 6) is -1.43. The maximum absolute atomic E-state index is 12.9. The van der Waals surface area contributed by atoms with Crippen LogP contribution in [0.4, 0.5) is 16.5 Å². The van der Waals surface area contributed by atoms with E-state index < -0.39 is 22.9 Å². The molecule has 0 radical (unpaired) electrons. The molecule has 10 nitrogen and oxygen atoms in total. The van der Waals surface area contributed by atoms with E-state index in [9.17, 15) is 19.7 Å². The number of nitro groups is 1. The number of aromatic nitrogens is 2. The molecule has 0 spiro atoms. The summed E-state index contributed by atoms with van der Waals surface area (Å²) in [6.45, 7) is 0. The minimum Gasteiger partial charge on any atom is -0.447 e. The first kappa shape index (κ1) is 22.5. The van der Waals surface area contributed by atoms with Gasteiger partial charge in [0.25, 0.3) is 11.6 Å². The molecule has 1 amide bonds. The third-order valence-electron chi connectivity index (χ3n) is 3.75. The Hall–Kier alpha value is -3.22. The number of halogens is 1. The van der Waals surface area contributed by atoms with Crippen molar-refractivity contribution in [1.29, 1.82) is 0 Å². The molecular formula is C18H14ClN5O5S2. The fourth-order valence-electron chi connectivity index (χ4n) is 2.38.